The van der Waals surface area contributed by atoms with Gasteiger partial charge in [0.25, 0.3) is 5.56 Å². The molecular weight excluding hydrogens is 402 g/mol. The number of likely N-dealkylation sites (tertiary alicyclic amines) is 1. The van der Waals surface area contributed by atoms with Gasteiger partial charge >= 0.3 is 5.69 Å². The Balaban J connectivity index is 1.50. The maximum atomic E-state index is 15.8. The summed E-state index contributed by atoms with van der Waals surface area (Å²) < 4.78 is 31.5. The molecule has 0 bridgehead atoms. The number of alkyl halides is 1. The van der Waals surface area contributed by atoms with E-state index in [0.29, 0.717) is 30.4 Å². The van der Waals surface area contributed by atoms with E-state index in [-0.39, 0.29) is 23.0 Å². The minimum absolute atomic E-state index is 0.0210. The van der Waals surface area contributed by atoms with Gasteiger partial charge in [0, 0.05) is 24.2 Å². The third kappa shape index (κ3) is 3.47. The van der Waals surface area contributed by atoms with Gasteiger partial charge in [-0.3, -0.25) is 19.2 Å². The van der Waals surface area contributed by atoms with Gasteiger partial charge in [-0.1, -0.05) is 18.2 Å². The summed E-state index contributed by atoms with van der Waals surface area (Å²) in [4.78, 5) is 29.1. The molecule has 2 aliphatic carbocycles. The quantitative estimate of drug-likeness (QED) is 0.751. The molecule has 4 unspecified atom stereocenters. The average Bonchev–Trinajstić information content (AvgIpc) is 3.43. The van der Waals surface area contributed by atoms with E-state index >= 15 is 4.39 Å². The van der Waals surface area contributed by atoms with Crippen LogP contribution in [0.4, 0.5) is 8.78 Å². The lowest BCUT2D eigenvalue weighted by atomic mass is 9.90. The first kappa shape index (κ1) is 20.3. The summed E-state index contributed by atoms with van der Waals surface area (Å²) in [5.41, 5.74) is 4.05. The van der Waals surface area contributed by atoms with Crippen molar-refractivity contribution < 1.29 is 8.78 Å². The largest absolute Gasteiger partial charge is 0.329 e. The summed E-state index contributed by atoms with van der Waals surface area (Å²) in [5, 5.41) is 0.713. The van der Waals surface area contributed by atoms with Crippen molar-refractivity contribution in [1.29, 1.82) is 0 Å². The maximum Gasteiger partial charge on any atom is 0.329 e. The summed E-state index contributed by atoms with van der Waals surface area (Å²) >= 11 is 0. The van der Waals surface area contributed by atoms with Crippen LogP contribution in [0, 0.1) is 11.7 Å². The first-order valence-electron chi connectivity index (χ1n) is 10.8. The van der Waals surface area contributed by atoms with Crippen LogP contribution in [0.15, 0.2) is 33.9 Å². The molecule has 3 N–H and O–H groups in total. The van der Waals surface area contributed by atoms with Crippen molar-refractivity contribution in [3.05, 3.63) is 67.1 Å². The topological polar surface area (TPSA) is 84.1 Å². The molecule has 1 saturated carbocycles. The Morgan fingerprint density at radius 2 is 1.97 bits per heavy atom. The second kappa shape index (κ2) is 7.24. The van der Waals surface area contributed by atoms with Crippen LogP contribution in [0.25, 0.3) is 12.2 Å². The van der Waals surface area contributed by atoms with Gasteiger partial charge in [0.15, 0.2) is 0 Å². The van der Waals surface area contributed by atoms with Crippen LogP contribution in [-0.4, -0.2) is 39.3 Å². The fraction of sp³-hybridized carbons (Fsp3) is 0.478. The molecule has 2 heterocycles. The Morgan fingerprint density at radius 1 is 1.23 bits per heavy atom. The fourth-order valence-electron chi connectivity index (χ4n) is 5.09. The lowest BCUT2D eigenvalue weighted by molar-refractivity contribution is 0.136. The fourth-order valence-corrected chi connectivity index (χ4v) is 5.09. The monoisotopic (exact) mass is 428 g/mol. The van der Waals surface area contributed by atoms with E-state index in [1.54, 1.807) is 28.8 Å². The molecule has 6 nitrogen and oxygen atoms in total. The van der Waals surface area contributed by atoms with Gasteiger partial charge in [-0.15, -0.1) is 0 Å². The van der Waals surface area contributed by atoms with Crippen molar-refractivity contribution in [3.63, 3.8) is 0 Å². The highest BCUT2D eigenvalue weighted by Gasteiger charge is 2.42. The summed E-state index contributed by atoms with van der Waals surface area (Å²) in [6.45, 7) is 2.57. The molecule has 1 saturated heterocycles. The second-order valence-electron chi connectivity index (χ2n) is 9.16. The highest BCUT2D eigenvalue weighted by molar-refractivity contribution is 5.50. The predicted molar refractivity (Wildman–Crippen MR) is 114 cm³/mol. The van der Waals surface area contributed by atoms with Crippen molar-refractivity contribution in [2.75, 3.05) is 13.1 Å². The average molecular weight is 428 g/mol. The van der Waals surface area contributed by atoms with E-state index in [0.717, 1.165) is 12.8 Å². The Kier molecular flexibility index (Phi) is 4.75. The SMILES string of the molecule is CC1(F)C=c2c(=O)[nH]c(=O)n(C3CC3)c2=CC1N1CCC(C(N)c2ccccc2F)C1. The second-order valence-corrected chi connectivity index (χ2v) is 9.16. The zero-order valence-corrected chi connectivity index (χ0v) is 17.4. The molecule has 1 aliphatic heterocycles. The van der Waals surface area contributed by atoms with E-state index in [1.807, 2.05) is 4.90 Å². The third-order valence-electron chi connectivity index (χ3n) is 6.87. The number of hydrogen-bond acceptors (Lipinski definition) is 4. The Labute approximate surface area is 177 Å². The molecule has 2 aromatic rings. The highest BCUT2D eigenvalue weighted by atomic mass is 19.1. The number of rotatable bonds is 4. The first-order chi connectivity index (χ1) is 14.8. The molecular formula is C23H26F2N4O2. The number of aromatic nitrogens is 2. The number of fused-ring (bicyclic) bond motifs is 1. The molecule has 31 heavy (non-hydrogen) atoms. The molecule has 0 radical (unpaired) electrons. The van der Waals surface area contributed by atoms with Gasteiger partial charge in [0.1, 0.15) is 11.5 Å². The van der Waals surface area contributed by atoms with Crippen molar-refractivity contribution >= 4 is 12.2 Å². The Bertz CT molecular complexity index is 1260. The molecule has 1 aromatic carbocycles. The van der Waals surface area contributed by atoms with Gasteiger partial charge < -0.3 is 5.73 Å². The van der Waals surface area contributed by atoms with E-state index in [9.17, 15) is 14.0 Å². The summed E-state index contributed by atoms with van der Waals surface area (Å²) in [6, 6.07) is 5.42. The molecule has 0 amide bonds. The van der Waals surface area contributed by atoms with Crippen LogP contribution in [0.1, 0.15) is 43.8 Å². The zero-order chi connectivity index (χ0) is 21.9. The number of nitrogens with zero attached hydrogens (tertiary/aromatic N) is 2. The molecule has 1 aromatic heterocycles. The smallest absolute Gasteiger partial charge is 0.324 e. The van der Waals surface area contributed by atoms with Crippen molar-refractivity contribution in [3.8, 4) is 0 Å². The Hall–Kier alpha value is -2.58. The standard InChI is InChI=1S/C23H26F2N4O2/c1-23(25)11-16-18(29(14-6-7-14)22(31)27-21(16)30)10-19(23)28-9-8-13(12-28)20(26)15-4-2-3-5-17(15)24/h2-5,10-11,13-14,19-20H,6-9,12,26H2,1H3,(H,27,30,31). The summed E-state index contributed by atoms with van der Waals surface area (Å²) in [5.74, 6) is -0.352. The van der Waals surface area contributed by atoms with Crippen LogP contribution in [0.2, 0.25) is 0 Å². The van der Waals surface area contributed by atoms with Crippen LogP contribution >= 0.6 is 0 Å². The molecule has 5 rings (SSSR count). The Morgan fingerprint density at radius 3 is 2.68 bits per heavy atom. The maximum absolute atomic E-state index is 15.8. The molecule has 2 fully saturated rings. The minimum atomic E-state index is -1.79. The highest BCUT2D eigenvalue weighted by Crippen LogP contribution is 2.35. The molecule has 4 atom stereocenters. The number of aromatic amines is 1. The normalized spacial score (nSPS) is 29.2. The zero-order valence-electron chi connectivity index (χ0n) is 17.4. The third-order valence-corrected chi connectivity index (χ3v) is 6.87. The van der Waals surface area contributed by atoms with E-state index < -0.39 is 29.0 Å². The van der Waals surface area contributed by atoms with Crippen molar-refractivity contribution in [2.45, 2.75) is 50.0 Å². The lowest BCUT2D eigenvalue weighted by Gasteiger charge is -2.35. The van der Waals surface area contributed by atoms with Crippen LogP contribution in [-0.2, 0) is 0 Å². The van der Waals surface area contributed by atoms with Crippen LogP contribution in [0.5, 0.6) is 0 Å². The number of halogens is 2. The van der Waals surface area contributed by atoms with Crippen LogP contribution < -0.4 is 27.6 Å². The molecule has 0 spiro atoms. The van der Waals surface area contributed by atoms with E-state index in [2.05, 4.69) is 4.98 Å². The summed E-state index contributed by atoms with van der Waals surface area (Å²) in [6.07, 6.45) is 5.52. The number of H-pyrrole nitrogens is 1. The molecule has 3 aliphatic rings. The lowest BCUT2D eigenvalue weighted by Crippen LogP contribution is -2.60. The number of nitrogens with one attached hydrogen (secondary N) is 1. The minimum Gasteiger partial charge on any atom is -0.324 e. The van der Waals surface area contributed by atoms with Gasteiger partial charge in [-0.25, -0.2) is 13.6 Å². The van der Waals surface area contributed by atoms with Crippen molar-refractivity contribution in [2.24, 2.45) is 11.7 Å². The summed E-state index contributed by atoms with van der Waals surface area (Å²) in [7, 11) is 0. The van der Waals surface area contributed by atoms with E-state index in [4.69, 9.17) is 5.73 Å². The van der Waals surface area contributed by atoms with Crippen LogP contribution in [0.3, 0.4) is 0 Å². The number of hydrogen-bond donors (Lipinski definition) is 2. The van der Waals surface area contributed by atoms with Gasteiger partial charge in [-0.2, -0.15) is 0 Å². The predicted octanol–water partition coefficient (Wildman–Crippen LogP) is 0.704. The van der Waals surface area contributed by atoms with Gasteiger partial charge in [-0.05, 0) is 56.9 Å². The molecule has 164 valence electrons. The van der Waals surface area contributed by atoms with Gasteiger partial charge in [0.05, 0.1) is 16.6 Å². The van der Waals surface area contributed by atoms with Gasteiger partial charge in [0.2, 0.25) is 0 Å². The number of benzene rings is 1. The first-order valence-corrected chi connectivity index (χ1v) is 10.8. The molecule has 8 heteroatoms. The number of nitrogens with two attached hydrogens (primary N) is 1. The van der Waals surface area contributed by atoms with Crippen molar-refractivity contribution in [1.82, 2.24) is 14.5 Å². The van der Waals surface area contributed by atoms with E-state index in [1.165, 1.54) is 19.1 Å².